The molecule has 0 radical (unpaired) electrons. The topological polar surface area (TPSA) is 26.0 Å². The summed E-state index contributed by atoms with van der Waals surface area (Å²) in [4.78, 5) is 0. The van der Waals surface area contributed by atoms with E-state index in [9.17, 15) is 0 Å². The van der Waals surface area contributed by atoms with E-state index in [-0.39, 0.29) is 5.54 Å². The van der Waals surface area contributed by atoms with Crippen molar-refractivity contribution in [1.29, 1.82) is 0 Å². The molecule has 0 saturated heterocycles. The molecule has 9 heavy (non-hydrogen) atoms. The lowest BCUT2D eigenvalue weighted by molar-refractivity contribution is 0.628. The first-order valence-corrected chi connectivity index (χ1v) is 3.09. The van der Waals surface area contributed by atoms with Crippen molar-refractivity contribution in [2.75, 3.05) is 0 Å². The highest BCUT2D eigenvalue weighted by molar-refractivity contribution is 5.24. The van der Waals surface area contributed by atoms with Crippen LogP contribution in [0.4, 0.5) is 0 Å². The van der Waals surface area contributed by atoms with Gasteiger partial charge in [-0.3, -0.25) is 0 Å². The first-order valence-electron chi connectivity index (χ1n) is 3.09. The first-order chi connectivity index (χ1) is 3.98. The minimum atomic E-state index is -0.271. The summed E-state index contributed by atoms with van der Waals surface area (Å²) in [6.45, 7) is 9.64. The Kier molecular flexibility index (Phi) is 2.65. The van der Waals surface area contributed by atoms with E-state index in [4.69, 9.17) is 5.73 Å². The van der Waals surface area contributed by atoms with Crippen LogP contribution in [0.25, 0.3) is 0 Å². The minimum Gasteiger partial charge on any atom is -0.322 e. The fourth-order valence-electron chi connectivity index (χ4n) is 0.416. The molecule has 1 nitrogen and oxygen atoms in total. The largest absolute Gasteiger partial charge is 0.322 e. The van der Waals surface area contributed by atoms with E-state index in [0.717, 1.165) is 5.57 Å². The zero-order valence-electron chi connectivity index (χ0n) is 6.44. The van der Waals surface area contributed by atoms with Gasteiger partial charge in [0.1, 0.15) is 0 Å². The van der Waals surface area contributed by atoms with Crippen LogP contribution in [0, 0.1) is 0 Å². The van der Waals surface area contributed by atoms with Crippen LogP contribution in [0.5, 0.6) is 0 Å². The predicted molar refractivity (Wildman–Crippen MR) is 42.2 cm³/mol. The van der Waals surface area contributed by atoms with Gasteiger partial charge in [-0.2, -0.15) is 0 Å². The van der Waals surface area contributed by atoms with E-state index < -0.39 is 0 Å². The summed E-state index contributed by atoms with van der Waals surface area (Å²) in [6, 6.07) is 0. The van der Waals surface area contributed by atoms with Crippen molar-refractivity contribution < 1.29 is 0 Å². The quantitative estimate of drug-likeness (QED) is 0.560. The molecule has 0 unspecified atom stereocenters. The molecular weight excluding hydrogens is 110 g/mol. The number of hydrogen-bond acceptors (Lipinski definition) is 1. The van der Waals surface area contributed by atoms with Gasteiger partial charge in [-0.25, -0.2) is 0 Å². The number of nitrogens with two attached hydrogens (primary N) is 1. The van der Waals surface area contributed by atoms with E-state index in [1.165, 1.54) is 0 Å². The smallest absolute Gasteiger partial charge is 0.0346 e. The number of allylic oxidation sites excluding steroid dienone is 1. The average Bonchev–Trinajstić information content (AvgIpc) is 1.64. The van der Waals surface area contributed by atoms with Gasteiger partial charge in [-0.1, -0.05) is 18.7 Å². The van der Waals surface area contributed by atoms with Crippen LogP contribution in [-0.2, 0) is 0 Å². The van der Waals surface area contributed by atoms with Crippen LogP contribution in [0.3, 0.4) is 0 Å². The predicted octanol–water partition coefficient (Wildman–Crippen LogP) is 1.86. The Hall–Kier alpha value is -0.560. The van der Waals surface area contributed by atoms with Gasteiger partial charge in [0.2, 0.25) is 0 Å². The maximum atomic E-state index is 5.71. The Morgan fingerprint density at radius 3 is 2.11 bits per heavy atom. The number of rotatable bonds is 2. The number of hydrogen-bond donors (Lipinski definition) is 1. The lowest BCUT2D eigenvalue weighted by Gasteiger charge is -2.18. The third-order valence-electron chi connectivity index (χ3n) is 1.20. The Labute approximate surface area is 57.3 Å². The Bertz CT molecular complexity index is 126. The summed E-state index contributed by atoms with van der Waals surface area (Å²) in [5.41, 5.74) is 6.41. The molecule has 0 aromatic carbocycles. The van der Waals surface area contributed by atoms with E-state index in [0.29, 0.717) is 0 Å². The Morgan fingerprint density at radius 2 is 2.00 bits per heavy atom. The second-order valence-corrected chi connectivity index (χ2v) is 2.75. The normalized spacial score (nSPS) is 12.4. The van der Waals surface area contributed by atoms with Crippen LogP contribution in [0.1, 0.15) is 20.8 Å². The van der Waals surface area contributed by atoms with Crippen LogP contribution in [-0.4, -0.2) is 5.54 Å². The maximum Gasteiger partial charge on any atom is 0.0346 e. The van der Waals surface area contributed by atoms with Crippen molar-refractivity contribution in [3.05, 3.63) is 24.3 Å². The third-order valence-corrected chi connectivity index (χ3v) is 1.20. The molecule has 0 atom stereocenters. The maximum absolute atomic E-state index is 5.71. The summed E-state index contributed by atoms with van der Waals surface area (Å²) >= 11 is 0. The summed E-state index contributed by atoms with van der Waals surface area (Å²) < 4.78 is 0. The molecule has 0 amide bonds. The van der Waals surface area contributed by atoms with Crippen LogP contribution in [0.2, 0.25) is 0 Å². The van der Waals surface area contributed by atoms with Crippen molar-refractivity contribution in [2.45, 2.75) is 26.3 Å². The second-order valence-electron chi connectivity index (χ2n) is 2.75. The second kappa shape index (κ2) is 2.83. The Morgan fingerprint density at radius 1 is 1.56 bits per heavy atom. The highest BCUT2D eigenvalue weighted by Gasteiger charge is 2.11. The van der Waals surface area contributed by atoms with Crippen molar-refractivity contribution in [2.24, 2.45) is 5.73 Å². The third kappa shape index (κ3) is 3.09. The highest BCUT2D eigenvalue weighted by Crippen LogP contribution is 2.10. The lowest BCUT2D eigenvalue weighted by atomic mass is 9.97. The zero-order chi connectivity index (χ0) is 7.49. The summed E-state index contributed by atoms with van der Waals surface area (Å²) in [6.07, 6.45) is 3.87. The van der Waals surface area contributed by atoms with E-state index in [1.807, 2.05) is 32.9 Å². The summed E-state index contributed by atoms with van der Waals surface area (Å²) in [5, 5.41) is 0. The SMILES string of the molecule is C=C(/C=C/C)C(C)(C)N. The van der Waals surface area contributed by atoms with Crippen LogP contribution < -0.4 is 5.73 Å². The average molecular weight is 125 g/mol. The molecule has 0 aliphatic rings. The molecule has 0 heterocycles. The van der Waals surface area contributed by atoms with E-state index in [2.05, 4.69) is 6.58 Å². The van der Waals surface area contributed by atoms with Crippen molar-refractivity contribution >= 4 is 0 Å². The lowest BCUT2D eigenvalue weighted by Crippen LogP contribution is -2.32. The van der Waals surface area contributed by atoms with E-state index in [1.54, 1.807) is 0 Å². The first kappa shape index (κ1) is 8.44. The molecule has 0 spiro atoms. The summed E-state index contributed by atoms with van der Waals surface area (Å²) in [7, 11) is 0. The standard InChI is InChI=1S/C8H15N/c1-5-6-7(2)8(3,4)9/h5-6H,2,9H2,1,3-4H3/b6-5+. The van der Waals surface area contributed by atoms with Crippen molar-refractivity contribution in [3.63, 3.8) is 0 Å². The minimum absolute atomic E-state index is 0.271. The molecule has 0 aromatic heterocycles. The van der Waals surface area contributed by atoms with Gasteiger partial charge >= 0.3 is 0 Å². The zero-order valence-corrected chi connectivity index (χ0v) is 6.44. The monoisotopic (exact) mass is 125 g/mol. The van der Waals surface area contributed by atoms with Crippen LogP contribution >= 0.6 is 0 Å². The van der Waals surface area contributed by atoms with Gasteiger partial charge in [0, 0.05) is 5.54 Å². The summed E-state index contributed by atoms with van der Waals surface area (Å²) in [5.74, 6) is 0. The molecule has 0 fully saturated rings. The van der Waals surface area contributed by atoms with Gasteiger partial charge in [-0.15, -0.1) is 0 Å². The molecule has 0 rings (SSSR count). The highest BCUT2D eigenvalue weighted by atomic mass is 14.7. The molecule has 1 heteroatoms. The fraction of sp³-hybridized carbons (Fsp3) is 0.500. The molecule has 52 valence electrons. The molecule has 0 aromatic rings. The van der Waals surface area contributed by atoms with Gasteiger partial charge in [0.25, 0.3) is 0 Å². The molecule has 0 bridgehead atoms. The van der Waals surface area contributed by atoms with E-state index >= 15 is 0 Å². The molecular formula is C8H15N. The molecule has 0 saturated carbocycles. The van der Waals surface area contributed by atoms with Gasteiger partial charge < -0.3 is 5.73 Å². The van der Waals surface area contributed by atoms with Gasteiger partial charge in [0.05, 0.1) is 0 Å². The fourth-order valence-corrected chi connectivity index (χ4v) is 0.416. The van der Waals surface area contributed by atoms with Crippen molar-refractivity contribution in [1.82, 2.24) is 0 Å². The Balaban J connectivity index is 4.06. The molecule has 2 N–H and O–H groups in total. The van der Waals surface area contributed by atoms with Crippen LogP contribution in [0.15, 0.2) is 24.3 Å². The van der Waals surface area contributed by atoms with Gasteiger partial charge in [0.15, 0.2) is 0 Å². The van der Waals surface area contributed by atoms with Gasteiger partial charge in [-0.05, 0) is 26.3 Å². The molecule has 0 aliphatic carbocycles. The molecule has 0 aliphatic heterocycles. The van der Waals surface area contributed by atoms with Crippen molar-refractivity contribution in [3.8, 4) is 0 Å².